The molecule has 0 atom stereocenters. The highest BCUT2D eigenvalue weighted by molar-refractivity contribution is 6.33. The Morgan fingerprint density at radius 2 is 1.86 bits per heavy atom. The second kappa shape index (κ2) is 5.13. The molecule has 0 aliphatic rings. The molecule has 1 aromatic heterocycles. The molecule has 3 rings (SSSR count). The largest absolute Gasteiger partial charge is 0.268 e. The maximum atomic E-state index is 13.7. The molecule has 0 unspecified atom stereocenters. The van der Waals surface area contributed by atoms with Crippen LogP contribution in [0.3, 0.4) is 0 Å². The van der Waals surface area contributed by atoms with Gasteiger partial charge in [0.15, 0.2) is 0 Å². The third kappa shape index (κ3) is 2.20. The van der Waals surface area contributed by atoms with Crippen LogP contribution in [0.1, 0.15) is 5.56 Å². The predicted molar refractivity (Wildman–Crippen MR) is 82.1 cm³/mol. The van der Waals surface area contributed by atoms with Crippen molar-refractivity contribution in [3.63, 3.8) is 0 Å². The summed E-state index contributed by atoms with van der Waals surface area (Å²) in [6.07, 6.45) is 0. The van der Waals surface area contributed by atoms with Crippen molar-refractivity contribution in [2.24, 2.45) is 0 Å². The molecule has 0 aliphatic carbocycles. The van der Waals surface area contributed by atoms with Crippen LogP contribution in [0.2, 0.25) is 10.3 Å². The summed E-state index contributed by atoms with van der Waals surface area (Å²) in [4.78, 5) is 16.8. The van der Waals surface area contributed by atoms with Gasteiger partial charge in [-0.2, -0.15) is 0 Å². The van der Waals surface area contributed by atoms with Crippen LogP contribution < -0.4 is 5.56 Å². The molecular weight excluding hydrogens is 314 g/mol. The van der Waals surface area contributed by atoms with Gasteiger partial charge in [-0.15, -0.1) is 0 Å². The molecular formula is C15H9Cl2FN2O. The molecule has 0 bridgehead atoms. The quantitative estimate of drug-likeness (QED) is 0.631. The number of halogens is 3. The number of rotatable bonds is 1. The third-order valence-electron chi connectivity index (χ3n) is 3.28. The zero-order valence-electron chi connectivity index (χ0n) is 10.9. The molecule has 3 nitrogen and oxygen atoms in total. The van der Waals surface area contributed by atoms with E-state index in [-0.39, 0.29) is 16.2 Å². The first-order valence-corrected chi connectivity index (χ1v) is 6.88. The molecule has 2 aromatic carbocycles. The van der Waals surface area contributed by atoms with E-state index in [0.29, 0.717) is 16.2 Å². The van der Waals surface area contributed by atoms with Crippen molar-refractivity contribution in [2.45, 2.75) is 6.92 Å². The molecule has 0 amide bonds. The van der Waals surface area contributed by atoms with E-state index in [0.717, 1.165) is 0 Å². The summed E-state index contributed by atoms with van der Waals surface area (Å²) >= 11 is 12.2. The number of benzene rings is 2. The molecule has 0 spiro atoms. The highest BCUT2D eigenvalue weighted by Crippen LogP contribution is 2.24. The van der Waals surface area contributed by atoms with Crippen LogP contribution in [0.25, 0.3) is 16.6 Å². The summed E-state index contributed by atoms with van der Waals surface area (Å²) in [5.41, 5.74) is 0.553. The van der Waals surface area contributed by atoms with E-state index in [1.54, 1.807) is 24.3 Å². The summed E-state index contributed by atoms with van der Waals surface area (Å²) in [5.74, 6) is -0.463. The van der Waals surface area contributed by atoms with Crippen LogP contribution in [0.5, 0.6) is 0 Å². The summed E-state index contributed by atoms with van der Waals surface area (Å²) in [6, 6.07) is 9.46. The highest BCUT2D eigenvalue weighted by Gasteiger charge is 2.16. The fourth-order valence-corrected chi connectivity index (χ4v) is 2.70. The Bertz CT molecular complexity index is 921. The first kappa shape index (κ1) is 14.0. The van der Waals surface area contributed by atoms with Crippen molar-refractivity contribution in [1.82, 2.24) is 9.55 Å². The smallest absolute Gasteiger partial charge is 0.267 e. The molecule has 3 aromatic rings. The minimum Gasteiger partial charge on any atom is -0.268 e. The summed E-state index contributed by atoms with van der Waals surface area (Å²) in [6.45, 7) is 1.53. The van der Waals surface area contributed by atoms with E-state index in [4.69, 9.17) is 23.2 Å². The monoisotopic (exact) mass is 322 g/mol. The Morgan fingerprint density at radius 3 is 2.57 bits per heavy atom. The minimum atomic E-state index is -0.463. The lowest BCUT2D eigenvalue weighted by Crippen LogP contribution is -2.21. The highest BCUT2D eigenvalue weighted by atomic mass is 35.5. The molecule has 0 aliphatic heterocycles. The van der Waals surface area contributed by atoms with Gasteiger partial charge >= 0.3 is 0 Å². The minimum absolute atomic E-state index is 0.0217. The van der Waals surface area contributed by atoms with E-state index < -0.39 is 11.4 Å². The van der Waals surface area contributed by atoms with Gasteiger partial charge in [0.1, 0.15) is 5.82 Å². The van der Waals surface area contributed by atoms with E-state index in [2.05, 4.69) is 4.98 Å². The van der Waals surface area contributed by atoms with Gasteiger partial charge in [-0.1, -0.05) is 23.7 Å². The summed E-state index contributed by atoms with van der Waals surface area (Å²) in [5, 5.41) is 0.530. The number of fused-ring (bicyclic) bond motifs is 1. The number of hydrogen-bond donors (Lipinski definition) is 0. The van der Waals surface area contributed by atoms with Gasteiger partial charge in [-0.25, -0.2) is 13.9 Å². The van der Waals surface area contributed by atoms with E-state index in [9.17, 15) is 9.18 Å². The first-order valence-electron chi connectivity index (χ1n) is 6.13. The van der Waals surface area contributed by atoms with Crippen LogP contribution in [0.15, 0.2) is 41.2 Å². The second-order valence-corrected chi connectivity index (χ2v) is 5.28. The number of para-hydroxylation sites is 1. The zero-order chi connectivity index (χ0) is 15.1. The fraction of sp³-hybridized carbons (Fsp3) is 0.0667. The van der Waals surface area contributed by atoms with Crippen LogP contribution >= 0.6 is 23.2 Å². The van der Waals surface area contributed by atoms with Crippen LogP contribution in [-0.4, -0.2) is 9.55 Å². The average molecular weight is 323 g/mol. The molecule has 0 radical (unpaired) electrons. The lowest BCUT2D eigenvalue weighted by atomic mass is 10.1. The molecule has 0 fully saturated rings. The number of aromatic nitrogens is 2. The van der Waals surface area contributed by atoms with Crippen molar-refractivity contribution in [1.29, 1.82) is 0 Å². The Hall–Kier alpha value is -1.91. The van der Waals surface area contributed by atoms with Crippen LogP contribution in [-0.2, 0) is 0 Å². The molecule has 6 heteroatoms. The topological polar surface area (TPSA) is 34.9 Å². The molecule has 0 saturated carbocycles. The Labute approximate surface area is 129 Å². The van der Waals surface area contributed by atoms with Crippen molar-refractivity contribution in [3.8, 4) is 5.69 Å². The Balaban J connectivity index is 2.48. The lowest BCUT2D eigenvalue weighted by molar-refractivity contribution is 0.620. The van der Waals surface area contributed by atoms with Gasteiger partial charge in [0.05, 0.1) is 21.6 Å². The number of hydrogen-bond acceptors (Lipinski definition) is 2. The maximum Gasteiger partial charge on any atom is 0.267 e. The van der Waals surface area contributed by atoms with Crippen molar-refractivity contribution < 1.29 is 4.39 Å². The van der Waals surface area contributed by atoms with Gasteiger partial charge in [0, 0.05) is 0 Å². The van der Waals surface area contributed by atoms with Gasteiger partial charge < -0.3 is 0 Å². The number of nitrogens with zero attached hydrogens (tertiary/aromatic N) is 2. The van der Waals surface area contributed by atoms with Crippen molar-refractivity contribution in [3.05, 3.63) is 68.4 Å². The summed E-state index contributed by atoms with van der Waals surface area (Å²) < 4.78 is 14.9. The third-order valence-corrected chi connectivity index (χ3v) is 3.86. The van der Waals surface area contributed by atoms with Crippen LogP contribution in [0, 0.1) is 12.7 Å². The SMILES string of the molecule is Cc1c(F)ccc2nc(Cl)n(-c3ccccc3Cl)c(=O)c12. The van der Waals surface area contributed by atoms with Crippen LogP contribution in [0.4, 0.5) is 4.39 Å². The van der Waals surface area contributed by atoms with Gasteiger partial charge in [0.25, 0.3) is 5.56 Å². The van der Waals surface area contributed by atoms with Crippen molar-refractivity contribution in [2.75, 3.05) is 0 Å². The summed E-state index contributed by atoms with van der Waals surface area (Å²) in [7, 11) is 0. The Morgan fingerprint density at radius 1 is 1.14 bits per heavy atom. The lowest BCUT2D eigenvalue weighted by Gasteiger charge is -2.12. The number of aryl methyl sites for hydroxylation is 1. The normalized spacial score (nSPS) is 11.0. The first-order chi connectivity index (χ1) is 10.0. The molecule has 106 valence electrons. The fourth-order valence-electron chi connectivity index (χ4n) is 2.22. The van der Waals surface area contributed by atoms with Gasteiger partial charge in [0.2, 0.25) is 5.28 Å². The second-order valence-electron chi connectivity index (χ2n) is 4.54. The van der Waals surface area contributed by atoms with E-state index in [1.807, 2.05) is 0 Å². The van der Waals surface area contributed by atoms with Gasteiger partial charge in [-0.3, -0.25) is 4.79 Å². The van der Waals surface area contributed by atoms with Crippen molar-refractivity contribution >= 4 is 34.1 Å². The Kier molecular flexibility index (Phi) is 3.43. The molecule has 0 saturated heterocycles. The molecule has 21 heavy (non-hydrogen) atoms. The standard InChI is InChI=1S/C15H9Cl2FN2O/c1-8-10(18)6-7-11-13(8)14(21)20(15(17)19-11)12-5-3-2-4-9(12)16/h2-7H,1H3. The molecule has 1 heterocycles. The van der Waals surface area contributed by atoms with E-state index in [1.165, 1.54) is 23.6 Å². The predicted octanol–water partition coefficient (Wildman–Crippen LogP) is 4.14. The average Bonchev–Trinajstić information content (AvgIpc) is 2.44. The van der Waals surface area contributed by atoms with Gasteiger partial charge in [-0.05, 0) is 48.4 Å². The van der Waals surface area contributed by atoms with E-state index >= 15 is 0 Å². The maximum absolute atomic E-state index is 13.7. The zero-order valence-corrected chi connectivity index (χ0v) is 12.4. The molecule has 0 N–H and O–H groups in total.